The zero-order chi connectivity index (χ0) is 22.5. The molecule has 5 nitrogen and oxygen atoms in total. The van der Waals surface area contributed by atoms with Crippen molar-refractivity contribution in [3.8, 4) is 23.0 Å². The second-order valence-electron chi connectivity index (χ2n) is 8.80. The van der Waals surface area contributed by atoms with Gasteiger partial charge in [0.1, 0.15) is 17.1 Å². The molecule has 4 rings (SSSR count). The van der Waals surface area contributed by atoms with Gasteiger partial charge in [0.2, 0.25) is 0 Å². The second kappa shape index (κ2) is 7.34. The predicted molar refractivity (Wildman–Crippen MR) is 121 cm³/mol. The van der Waals surface area contributed by atoms with E-state index in [9.17, 15) is 20.1 Å². The number of Topliss-reactive ketones (excluding diaryl/α,β-unsaturated/α-hetero) is 1. The SMILES string of the molecule is CC(C)=CCc1c(O)c2c(c3c1OC(C)(C)C=C3)CC=C(c1ccc(O)c(O)c1)C2=O. The fourth-order valence-corrected chi connectivity index (χ4v) is 4.03. The van der Waals surface area contributed by atoms with Gasteiger partial charge in [-0.2, -0.15) is 0 Å². The van der Waals surface area contributed by atoms with Crippen LogP contribution < -0.4 is 4.74 Å². The monoisotopic (exact) mass is 418 g/mol. The number of phenols is 3. The summed E-state index contributed by atoms with van der Waals surface area (Å²) >= 11 is 0. The van der Waals surface area contributed by atoms with Crippen molar-refractivity contribution in [2.75, 3.05) is 0 Å². The van der Waals surface area contributed by atoms with E-state index >= 15 is 0 Å². The average molecular weight is 418 g/mol. The summed E-state index contributed by atoms with van der Waals surface area (Å²) in [7, 11) is 0. The molecule has 3 N–H and O–H groups in total. The van der Waals surface area contributed by atoms with E-state index < -0.39 is 5.60 Å². The van der Waals surface area contributed by atoms with Gasteiger partial charge in [-0.1, -0.05) is 29.9 Å². The number of ketones is 1. The topological polar surface area (TPSA) is 87.0 Å². The Hall–Kier alpha value is -3.47. The molecule has 160 valence electrons. The van der Waals surface area contributed by atoms with Gasteiger partial charge in [0.25, 0.3) is 0 Å². The summed E-state index contributed by atoms with van der Waals surface area (Å²) in [4.78, 5) is 13.5. The second-order valence-corrected chi connectivity index (χ2v) is 8.80. The summed E-state index contributed by atoms with van der Waals surface area (Å²) in [6.45, 7) is 7.87. The predicted octanol–water partition coefficient (Wildman–Crippen LogP) is 5.32. The van der Waals surface area contributed by atoms with Crippen molar-refractivity contribution in [3.05, 3.63) is 69.8 Å². The summed E-state index contributed by atoms with van der Waals surface area (Å²) in [5, 5.41) is 30.7. The summed E-state index contributed by atoms with van der Waals surface area (Å²) in [6, 6.07) is 4.28. The van der Waals surface area contributed by atoms with Crippen molar-refractivity contribution in [3.63, 3.8) is 0 Å². The molecule has 2 aromatic carbocycles. The molecule has 31 heavy (non-hydrogen) atoms. The first-order valence-corrected chi connectivity index (χ1v) is 10.3. The van der Waals surface area contributed by atoms with Crippen LogP contribution in [0.1, 0.15) is 60.3 Å². The number of allylic oxidation sites excluding steroid dienone is 4. The van der Waals surface area contributed by atoms with Crippen LogP contribution in [0.4, 0.5) is 0 Å². The quantitative estimate of drug-likeness (QED) is 0.464. The van der Waals surface area contributed by atoms with Crippen molar-refractivity contribution >= 4 is 17.4 Å². The van der Waals surface area contributed by atoms with E-state index in [1.54, 1.807) is 12.1 Å². The molecule has 1 heterocycles. The van der Waals surface area contributed by atoms with Crippen LogP contribution in [0.3, 0.4) is 0 Å². The third-order valence-electron chi connectivity index (χ3n) is 5.67. The van der Waals surface area contributed by atoms with Crippen LogP contribution in [0.2, 0.25) is 0 Å². The number of ether oxygens (including phenoxy) is 1. The molecule has 0 aromatic heterocycles. The summed E-state index contributed by atoms with van der Waals surface area (Å²) in [5.41, 5.74) is 3.87. The van der Waals surface area contributed by atoms with Crippen molar-refractivity contribution in [1.82, 2.24) is 0 Å². The van der Waals surface area contributed by atoms with E-state index in [1.807, 2.05) is 45.9 Å². The first kappa shape index (κ1) is 20.8. The van der Waals surface area contributed by atoms with Gasteiger partial charge in [-0.15, -0.1) is 0 Å². The number of aromatic hydroxyl groups is 3. The fraction of sp³-hybridized carbons (Fsp3) is 0.269. The van der Waals surface area contributed by atoms with Gasteiger partial charge >= 0.3 is 0 Å². The number of benzene rings is 2. The standard InChI is InChI=1S/C26H26O5/c1-14(2)5-7-19-24(30)22-17(18-11-12-26(3,4)31-25(18)19)9-8-16(23(22)29)15-6-10-20(27)21(28)13-15/h5-6,8,10-13,27-28,30H,7,9H2,1-4H3. The van der Waals surface area contributed by atoms with Crippen LogP contribution >= 0.6 is 0 Å². The number of rotatable bonds is 3. The lowest BCUT2D eigenvalue weighted by Crippen LogP contribution is -2.29. The van der Waals surface area contributed by atoms with Gasteiger partial charge in [-0.25, -0.2) is 0 Å². The van der Waals surface area contributed by atoms with Crippen LogP contribution in [-0.2, 0) is 12.8 Å². The Morgan fingerprint density at radius 3 is 2.58 bits per heavy atom. The molecular formula is C26H26O5. The van der Waals surface area contributed by atoms with Crippen molar-refractivity contribution in [1.29, 1.82) is 0 Å². The van der Waals surface area contributed by atoms with Gasteiger partial charge in [0.15, 0.2) is 17.3 Å². The lowest BCUT2D eigenvalue weighted by Gasteiger charge is -2.33. The highest BCUT2D eigenvalue weighted by Crippen LogP contribution is 2.47. The Balaban J connectivity index is 1.90. The van der Waals surface area contributed by atoms with E-state index in [-0.39, 0.29) is 28.6 Å². The Morgan fingerprint density at radius 2 is 1.90 bits per heavy atom. The number of hydrogen-bond donors (Lipinski definition) is 3. The summed E-state index contributed by atoms with van der Waals surface area (Å²) < 4.78 is 6.24. The normalized spacial score (nSPS) is 16.1. The molecule has 0 radical (unpaired) electrons. The van der Waals surface area contributed by atoms with Gasteiger partial charge in [0.05, 0.1) is 5.56 Å². The molecule has 0 fully saturated rings. The van der Waals surface area contributed by atoms with Crippen LogP contribution in [0.5, 0.6) is 23.0 Å². The molecule has 0 atom stereocenters. The van der Waals surface area contributed by atoms with Crippen LogP contribution in [0, 0.1) is 0 Å². The van der Waals surface area contributed by atoms with Crippen molar-refractivity contribution in [2.45, 2.75) is 46.1 Å². The van der Waals surface area contributed by atoms with E-state index in [4.69, 9.17) is 4.74 Å². The first-order valence-electron chi connectivity index (χ1n) is 10.3. The molecule has 1 aliphatic carbocycles. The third kappa shape index (κ3) is 3.61. The Kier molecular flexibility index (Phi) is 4.92. The lowest BCUT2D eigenvalue weighted by molar-refractivity contribution is 0.105. The molecule has 0 bridgehead atoms. The molecule has 0 saturated carbocycles. The van der Waals surface area contributed by atoms with Crippen molar-refractivity contribution in [2.24, 2.45) is 0 Å². The Labute approximate surface area is 181 Å². The van der Waals surface area contributed by atoms with E-state index in [0.717, 1.165) is 16.7 Å². The Morgan fingerprint density at radius 1 is 1.16 bits per heavy atom. The number of carbonyl (C=O) groups excluding carboxylic acids is 1. The van der Waals surface area contributed by atoms with Gasteiger partial charge in [-0.05, 0) is 69.9 Å². The molecule has 0 amide bonds. The minimum absolute atomic E-state index is 0.0593. The molecule has 2 aromatic rings. The van der Waals surface area contributed by atoms with Crippen LogP contribution in [0.15, 0.2) is 42.0 Å². The molecular weight excluding hydrogens is 392 g/mol. The van der Waals surface area contributed by atoms with Gasteiger partial charge < -0.3 is 20.1 Å². The third-order valence-corrected chi connectivity index (χ3v) is 5.67. The minimum Gasteiger partial charge on any atom is -0.507 e. The highest BCUT2D eigenvalue weighted by atomic mass is 16.5. The fourth-order valence-electron chi connectivity index (χ4n) is 4.03. The number of carbonyl (C=O) groups is 1. The maximum absolute atomic E-state index is 13.5. The van der Waals surface area contributed by atoms with Crippen LogP contribution in [-0.4, -0.2) is 26.7 Å². The zero-order valence-electron chi connectivity index (χ0n) is 18.1. The zero-order valence-corrected chi connectivity index (χ0v) is 18.1. The van der Waals surface area contributed by atoms with Crippen molar-refractivity contribution < 1.29 is 24.9 Å². The maximum atomic E-state index is 13.5. The molecule has 2 aliphatic rings. The molecule has 5 heteroatoms. The first-order chi connectivity index (χ1) is 14.6. The lowest BCUT2D eigenvalue weighted by atomic mass is 9.80. The number of hydrogen-bond acceptors (Lipinski definition) is 5. The van der Waals surface area contributed by atoms with Gasteiger partial charge in [0, 0.05) is 16.7 Å². The minimum atomic E-state index is -0.517. The van der Waals surface area contributed by atoms with E-state index in [0.29, 0.717) is 35.3 Å². The average Bonchev–Trinajstić information content (AvgIpc) is 2.69. The summed E-state index contributed by atoms with van der Waals surface area (Å²) in [5.74, 6) is -0.305. The van der Waals surface area contributed by atoms with Crippen LogP contribution in [0.25, 0.3) is 11.6 Å². The maximum Gasteiger partial charge on any atom is 0.197 e. The summed E-state index contributed by atoms with van der Waals surface area (Å²) in [6.07, 6.45) is 8.60. The van der Waals surface area contributed by atoms with E-state index in [2.05, 4.69) is 0 Å². The number of fused-ring (bicyclic) bond motifs is 3. The van der Waals surface area contributed by atoms with E-state index in [1.165, 1.54) is 12.1 Å². The smallest absolute Gasteiger partial charge is 0.197 e. The highest BCUT2D eigenvalue weighted by Gasteiger charge is 2.34. The molecule has 0 spiro atoms. The molecule has 1 aliphatic heterocycles. The molecule has 0 unspecified atom stereocenters. The highest BCUT2D eigenvalue weighted by molar-refractivity contribution is 6.31. The number of phenolic OH excluding ortho intramolecular Hbond substituents is 3. The van der Waals surface area contributed by atoms with Gasteiger partial charge in [-0.3, -0.25) is 4.79 Å². The molecule has 0 saturated heterocycles. The Bertz CT molecular complexity index is 1190. The largest absolute Gasteiger partial charge is 0.507 e.